The van der Waals surface area contributed by atoms with E-state index < -0.39 is 17.7 Å². The fourth-order valence-electron chi connectivity index (χ4n) is 3.71. The first-order chi connectivity index (χ1) is 15.1. The molecule has 2 aromatic carbocycles. The van der Waals surface area contributed by atoms with Crippen LogP contribution in [0, 0.1) is 0 Å². The predicted molar refractivity (Wildman–Crippen MR) is 118 cm³/mol. The summed E-state index contributed by atoms with van der Waals surface area (Å²) in [6.45, 7) is 3.23. The van der Waals surface area contributed by atoms with Crippen LogP contribution in [0.15, 0.2) is 65.9 Å². The summed E-state index contributed by atoms with van der Waals surface area (Å²) in [5.74, 6) is -0.517. The number of aliphatic hydroxyl groups is 1. The summed E-state index contributed by atoms with van der Waals surface area (Å²) in [5, 5.41) is 10.6. The molecule has 1 amide bonds. The summed E-state index contributed by atoms with van der Waals surface area (Å²) in [6, 6.07) is 16.4. The molecule has 1 atom stereocenters. The number of benzene rings is 2. The number of rotatable bonds is 11. The summed E-state index contributed by atoms with van der Waals surface area (Å²) in [6.07, 6.45) is 1.66. The van der Waals surface area contributed by atoms with Gasteiger partial charge in [-0.25, -0.2) is 0 Å². The first kappa shape index (κ1) is 22.6. The van der Waals surface area contributed by atoms with Gasteiger partial charge in [0.05, 0.1) is 24.8 Å². The van der Waals surface area contributed by atoms with E-state index in [1.807, 2.05) is 61.5 Å². The summed E-state index contributed by atoms with van der Waals surface area (Å²) in [5.41, 5.74) is 1.94. The van der Waals surface area contributed by atoms with Gasteiger partial charge in [0.25, 0.3) is 5.91 Å². The third-order valence-corrected chi connectivity index (χ3v) is 5.29. The molecule has 0 saturated carbocycles. The van der Waals surface area contributed by atoms with Crippen molar-refractivity contribution in [2.24, 2.45) is 0 Å². The molecule has 0 aliphatic carbocycles. The molecule has 0 saturated heterocycles. The predicted octanol–water partition coefficient (Wildman–Crippen LogP) is 4.02. The molecule has 1 N–H and O–H groups in total. The Morgan fingerprint density at radius 1 is 1.06 bits per heavy atom. The van der Waals surface area contributed by atoms with Gasteiger partial charge in [-0.3, -0.25) is 9.59 Å². The van der Waals surface area contributed by atoms with E-state index in [2.05, 4.69) is 0 Å². The number of ketones is 1. The summed E-state index contributed by atoms with van der Waals surface area (Å²) in [4.78, 5) is 27.4. The maximum atomic E-state index is 13.1. The highest BCUT2D eigenvalue weighted by atomic mass is 16.5. The minimum atomic E-state index is -0.647. The number of Topliss-reactive ketones (excluding diaryl/α,β-unsaturated/α-hetero) is 1. The van der Waals surface area contributed by atoms with Crippen LogP contribution in [0.2, 0.25) is 0 Å². The zero-order chi connectivity index (χ0) is 22.2. The van der Waals surface area contributed by atoms with Crippen LogP contribution in [-0.2, 0) is 20.7 Å². The molecule has 1 heterocycles. The van der Waals surface area contributed by atoms with Gasteiger partial charge in [0.15, 0.2) is 11.5 Å². The topological polar surface area (TPSA) is 76.1 Å². The second-order valence-corrected chi connectivity index (χ2v) is 7.48. The van der Waals surface area contributed by atoms with Gasteiger partial charge >= 0.3 is 0 Å². The Balaban J connectivity index is 1.86. The molecule has 3 rings (SSSR count). The molecule has 1 aliphatic rings. The summed E-state index contributed by atoms with van der Waals surface area (Å²) >= 11 is 0. The van der Waals surface area contributed by atoms with Gasteiger partial charge in [0.1, 0.15) is 5.75 Å². The maximum Gasteiger partial charge on any atom is 0.290 e. The van der Waals surface area contributed by atoms with Crippen LogP contribution >= 0.6 is 0 Å². The molecule has 1 unspecified atom stereocenters. The lowest BCUT2D eigenvalue weighted by molar-refractivity contribution is -0.130. The van der Waals surface area contributed by atoms with Gasteiger partial charge in [-0.15, -0.1) is 0 Å². The smallest absolute Gasteiger partial charge is 0.290 e. The summed E-state index contributed by atoms with van der Waals surface area (Å²) < 4.78 is 10.8. The molecule has 6 heteroatoms. The zero-order valence-electron chi connectivity index (χ0n) is 18.0. The Bertz CT molecular complexity index is 921. The van der Waals surface area contributed by atoms with Crippen LogP contribution in [0.25, 0.3) is 0 Å². The van der Waals surface area contributed by atoms with E-state index in [0.717, 1.165) is 23.3 Å². The fourth-order valence-corrected chi connectivity index (χ4v) is 3.71. The van der Waals surface area contributed by atoms with Crippen LogP contribution < -0.4 is 4.74 Å². The first-order valence-electron chi connectivity index (χ1n) is 10.6. The van der Waals surface area contributed by atoms with Gasteiger partial charge < -0.3 is 19.5 Å². The average molecular weight is 424 g/mol. The number of nitrogens with zero attached hydrogens (tertiary/aromatic N) is 1. The van der Waals surface area contributed by atoms with E-state index in [1.165, 1.54) is 4.90 Å². The number of hydrogen-bond donors (Lipinski definition) is 1. The van der Waals surface area contributed by atoms with Gasteiger partial charge in [-0.1, -0.05) is 49.4 Å². The van der Waals surface area contributed by atoms with Gasteiger partial charge in [0, 0.05) is 20.1 Å². The summed E-state index contributed by atoms with van der Waals surface area (Å²) in [7, 11) is 1.55. The van der Waals surface area contributed by atoms with Gasteiger partial charge in [0.2, 0.25) is 0 Å². The number of methoxy groups -OCH3 is 1. The van der Waals surface area contributed by atoms with E-state index >= 15 is 0 Å². The van der Waals surface area contributed by atoms with E-state index in [-0.39, 0.29) is 24.3 Å². The van der Waals surface area contributed by atoms with Gasteiger partial charge in [-0.05, 0) is 36.1 Å². The Hall–Kier alpha value is -3.12. The van der Waals surface area contributed by atoms with Crippen molar-refractivity contribution in [3.05, 3.63) is 77.1 Å². The van der Waals surface area contributed by atoms with Crippen molar-refractivity contribution in [3.63, 3.8) is 0 Å². The number of carbonyl (C=O) groups excluding carboxylic acids is 2. The average Bonchev–Trinajstić information content (AvgIpc) is 3.05. The van der Waals surface area contributed by atoms with E-state index in [9.17, 15) is 14.7 Å². The second kappa shape index (κ2) is 10.8. The molecular weight excluding hydrogens is 394 g/mol. The van der Waals surface area contributed by atoms with Crippen LogP contribution in [0.3, 0.4) is 0 Å². The van der Waals surface area contributed by atoms with Crippen LogP contribution in [0.1, 0.15) is 36.9 Å². The lowest BCUT2D eigenvalue weighted by Crippen LogP contribution is -2.34. The number of amides is 1. The molecule has 0 radical (unpaired) electrons. The van der Waals surface area contributed by atoms with Crippen LogP contribution in [0.4, 0.5) is 0 Å². The molecule has 6 nitrogen and oxygen atoms in total. The van der Waals surface area contributed by atoms with Crippen molar-refractivity contribution in [2.45, 2.75) is 32.2 Å². The third-order valence-electron chi connectivity index (χ3n) is 5.29. The van der Waals surface area contributed by atoms with Crippen molar-refractivity contribution < 1.29 is 24.2 Å². The molecular formula is C25H29NO5. The van der Waals surface area contributed by atoms with Crippen molar-refractivity contribution in [1.82, 2.24) is 4.90 Å². The van der Waals surface area contributed by atoms with Gasteiger partial charge in [-0.2, -0.15) is 0 Å². The SMILES string of the molecule is CCCOc1ccc(C2C(C(=O)CCc3ccccc3)=C(O)C(=O)N2CCOC)cc1. The van der Waals surface area contributed by atoms with Crippen LogP contribution in [0.5, 0.6) is 5.75 Å². The normalized spacial score (nSPS) is 16.1. The number of aliphatic hydroxyl groups excluding tert-OH is 1. The Kier molecular flexibility index (Phi) is 7.84. The number of aryl methyl sites for hydroxylation is 1. The quantitative estimate of drug-likeness (QED) is 0.591. The Labute approximate surface area is 183 Å². The minimum Gasteiger partial charge on any atom is -0.503 e. The standard InChI is InChI=1S/C25H29NO5/c1-3-16-31-20-12-10-19(11-13-20)23-22(24(28)25(29)26(23)15-17-30-2)21(27)14-9-18-7-5-4-6-8-18/h4-8,10-13,23,28H,3,9,14-17H2,1-2H3. The fraction of sp³-hybridized carbons (Fsp3) is 0.360. The van der Waals surface area contributed by atoms with Crippen molar-refractivity contribution in [2.75, 3.05) is 26.9 Å². The third kappa shape index (κ3) is 5.33. The lowest BCUT2D eigenvalue weighted by atomic mass is 9.93. The molecule has 164 valence electrons. The number of ether oxygens (including phenoxy) is 2. The molecule has 0 fully saturated rings. The minimum absolute atomic E-state index is 0.152. The molecule has 0 bridgehead atoms. The highest BCUT2D eigenvalue weighted by Gasteiger charge is 2.42. The number of hydrogen-bond acceptors (Lipinski definition) is 5. The first-order valence-corrected chi connectivity index (χ1v) is 10.6. The highest BCUT2D eigenvalue weighted by molar-refractivity contribution is 6.09. The Morgan fingerprint density at radius 2 is 1.77 bits per heavy atom. The van der Waals surface area contributed by atoms with Crippen molar-refractivity contribution in [3.8, 4) is 5.75 Å². The van der Waals surface area contributed by atoms with Crippen molar-refractivity contribution in [1.29, 1.82) is 0 Å². The monoisotopic (exact) mass is 423 g/mol. The maximum absolute atomic E-state index is 13.1. The largest absolute Gasteiger partial charge is 0.503 e. The van der Waals surface area contributed by atoms with E-state index in [0.29, 0.717) is 19.6 Å². The van der Waals surface area contributed by atoms with E-state index in [4.69, 9.17) is 9.47 Å². The molecule has 31 heavy (non-hydrogen) atoms. The molecule has 2 aromatic rings. The van der Waals surface area contributed by atoms with E-state index in [1.54, 1.807) is 7.11 Å². The van der Waals surface area contributed by atoms with Crippen molar-refractivity contribution >= 4 is 11.7 Å². The highest BCUT2D eigenvalue weighted by Crippen LogP contribution is 2.38. The zero-order valence-corrected chi connectivity index (χ0v) is 18.0. The Morgan fingerprint density at radius 3 is 2.42 bits per heavy atom. The molecule has 0 aromatic heterocycles. The lowest BCUT2D eigenvalue weighted by Gasteiger charge is -2.26. The second-order valence-electron chi connectivity index (χ2n) is 7.48. The molecule has 0 spiro atoms. The number of carbonyl (C=O) groups is 2. The van der Waals surface area contributed by atoms with Crippen LogP contribution in [-0.4, -0.2) is 48.6 Å². The molecule has 1 aliphatic heterocycles.